The zero-order valence-corrected chi connectivity index (χ0v) is 26.9. The topological polar surface area (TPSA) is 44.8 Å². The molecule has 0 spiro atoms. The highest BCUT2D eigenvalue weighted by molar-refractivity contribution is 5.89. The van der Waals surface area contributed by atoms with Crippen molar-refractivity contribution in [2.75, 3.05) is 6.61 Å². The maximum absolute atomic E-state index is 13.0. The molecule has 44 heavy (non-hydrogen) atoms. The molecule has 1 unspecified atom stereocenters. The summed E-state index contributed by atoms with van der Waals surface area (Å²) in [5.41, 5.74) is 5.31. The van der Waals surface area contributed by atoms with Crippen molar-refractivity contribution in [1.82, 2.24) is 0 Å². The Hall–Kier alpha value is -2.95. The third kappa shape index (κ3) is 9.52. The van der Waals surface area contributed by atoms with Gasteiger partial charge in [-0.25, -0.2) is 14.6 Å². The fourth-order valence-corrected chi connectivity index (χ4v) is 7.10. The molecule has 2 aliphatic carbocycles. The van der Waals surface area contributed by atoms with Crippen LogP contribution in [0.3, 0.4) is 0 Å². The van der Waals surface area contributed by atoms with Crippen molar-refractivity contribution < 1.29 is 20.7 Å². The molecule has 0 N–H and O–H groups in total. The molecule has 1 atom stereocenters. The zero-order chi connectivity index (χ0) is 30.6. The summed E-state index contributed by atoms with van der Waals surface area (Å²) < 4.78 is 5.74. The first-order chi connectivity index (χ1) is 21.6. The fourth-order valence-electron chi connectivity index (χ4n) is 7.10. The van der Waals surface area contributed by atoms with E-state index in [1.807, 2.05) is 42.5 Å². The summed E-state index contributed by atoms with van der Waals surface area (Å²) in [6, 6.07) is 26.6. The minimum absolute atomic E-state index is 0. The second kappa shape index (κ2) is 16.9. The third-order valence-corrected chi connectivity index (χ3v) is 10.1. The standard InChI is InChI=1S/C40H52O4.H2/c1-3-4-6-9-31-14-20-34(21-15-31)36-24-26-38(27-25-36)40(41)42-29-39(37-10-7-5-8-11-37)44-43-28-32-16-22-35(23-17-32)33-18-12-30(2)13-19-33;/h5,7-8,10-11,16-17,22-27,30-31,33-34,39H,3-4,6,9,12-15,18-21,28-29H2,1-2H3;1H. The van der Waals surface area contributed by atoms with E-state index < -0.39 is 6.10 Å². The Balaban J connectivity index is 0.00000461. The summed E-state index contributed by atoms with van der Waals surface area (Å²) in [7, 11) is 0. The second-order valence-corrected chi connectivity index (χ2v) is 13.4. The lowest BCUT2D eigenvalue weighted by Crippen LogP contribution is -2.16. The fraction of sp³-hybridized carbons (Fsp3) is 0.525. The summed E-state index contributed by atoms with van der Waals surface area (Å²) in [6.07, 6.45) is 15.2. The molecule has 2 fully saturated rings. The number of rotatable bonds is 14. The molecule has 3 aromatic rings. The van der Waals surface area contributed by atoms with Crippen LogP contribution in [0.25, 0.3) is 0 Å². The highest BCUT2D eigenvalue weighted by Gasteiger charge is 2.23. The maximum Gasteiger partial charge on any atom is 0.338 e. The molecule has 0 amide bonds. The van der Waals surface area contributed by atoms with Gasteiger partial charge in [-0.1, -0.05) is 119 Å². The zero-order valence-electron chi connectivity index (χ0n) is 26.9. The van der Waals surface area contributed by atoms with Crippen LogP contribution in [0.15, 0.2) is 78.9 Å². The summed E-state index contributed by atoms with van der Waals surface area (Å²) in [6.45, 7) is 5.05. The number of benzene rings is 3. The van der Waals surface area contributed by atoms with Crippen molar-refractivity contribution in [3.8, 4) is 0 Å². The summed E-state index contributed by atoms with van der Waals surface area (Å²) in [5, 5.41) is 0. The van der Waals surface area contributed by atoms with E-state index in [0.717, 1.165) is 23.0 Å². The molecule has 3 aromatic carbocycles. The Morgan fingerprint density at radius 3 is 2.02 bits per heavy atom. The highest BCUT2D eigenvalue weighted by Crippen LogP contribution is 2.38. The Labute approximate surface area is 266 Å². The van der Waals surface area contributed by atoms with Crippen LogP contribution < -0.4 is 0 Å². The van der Waals surface area contributed by atoms with Gasteiger partial charge < -0.3 is 4.74 Å². The van der Waals surface area contributed by atoms with Gasteiger partial charge in [0.15, 0.2) is 6.10 Å². The van der Waals surface area contributed by atoms with Crippen molar-refractivity contribution in [2.45, 2.75) is 115 Å². The maximum atomic E-state index is 13.0. The van der Waals surface area contributed by atoms with Gasteiger partial charge in [-0.05, 0) is 96.6 Å². The minimum Gasteiger partial charge on any atom is -0.459 e. The van der Waals surface area contributed by atoms with Gasteiger partial charge in [0.2, 0.25) is 0 Å². The Kier molecular flexibility index (Phi) is 12.5. The number of esters is 1. The van der Waals surface area contributed by atoms with Crippen LogP contribution in [0, 0.1) is 11.8 Å². The Morgan fingerprint density at radius 2 is 1.39 bits per heavy atom. The van der Waals surface area contributed by atoms with E-state index in [9.17, 15) is 4.79 Å². The van der Waals surface area contributed by atoms with Crippen LogP contribution in [-0.4, -0.2) is 12.6 Å². The van der Waals surface area contributed by atoms with Gasteiger partial charge in [-0.15, -0.1) is 0 Å². The second-order valence-electron chi connectivity index (χ2n) is 13.4. The van der Waals surface area contributed by atoms with Crippen molar-refractivity contribution in [3.63, 3.8) is 0 Å². The first-order valence-corrected chi connectivity index (χ1v) is 17.3. The smallest absolute Gasteiger partial charge is 0.338 e. The lowest BCUT2D eigenvalue weighted by molar-refractivity contribution is -0.340. The SMILES string of the molecule is CCCCCC1CCC(c2ccc(C(=O)OCC(OOCc3ccc(C4CCC(C)CC4)cc3)c3ccccc3)cc2)CC1.[HH]. The van der Waals surface area contributed by atoms with E-state index in [1.54, 1.807) is 0 Å². The molecule has 0 radical (unpaired) electrons. The van der Waals surface area contributed by atoms with E-state index >= 15 is 0 Å². The van der Waals surface area contributed by atoms with E-state index in [0.29, 0.717) is 24.0 Å². The Bertz CT molecular complexity index is 1240. The molecule has 4 heteroatoms. The number of hydrogen-bond acceptors (Lipinski definition) is 4. The normalized spacial score (nSPS) is 22.8. The van der Waals surface area contributed by atoms with Crippen LogP contribution in [-0.2, 0) is 21.1 Å². The predicted molar refractivity (Wildman–Crippen MR) is 180 cm³/mol. The monoisotopic (exact) mass is 598 g/mol. The number of ether oxygens (including phenoxy) is 1. The van der Waals surface area contributed by atoms with E-state index in [-0.39, 0.29) is 14.0 Å². The van der Waals surface area contributed by atoms with E-state index in [4.69, 9.17) is 14.5 Å². The quantitative estimate of drug-likeness (QED) is 0.0801. The molecule has 238 valence electrons. The summed E-state index contributed by atoms with van der Waals surface area (Å²) in [4.78, 5) is 24.5. The molecular weight excluding hydrogens is 544 g/mol. The molecule has 0 heterocycles. The lowest BCUT2D eigenvalue weighted by Gasteiger charge is -2.29. The molecule has 4 nitrogen and oxygen atoms in total. The molecule has 2 saturated carbocycles. The van der Waals surface area contributed by atoms with E-state index in [2.05, 4.69) is 50.2 Å². The summed E-state index contributed by atoms with van der Waals surface area (Å²) >= 11 is 0. The van der Waals surface area contributed by atoms with Gasteiger partial charge in [0, 0.05) is 1.43 Å². The van der Waals surface area contributed by atoms with Gasteiger partial charge in [-0.3, -0.25) is 0 Å². The third-order valence-electron chi connectivity index (χ3n) is 10.1. The van der Waals surface area contributed by atoms with Crippen molar-refractivity contribution in [2.24, 2.45) is 11.8 Å². The van der Waals surface area contributed by atoms with Crippen molar-refractivity contribution in [3.05, 3.63) is 107 Å². The average Bonchev–Trinajstić information content (AvgIpc) is 3.08. The molecule has 0 aliphatic heterocycles. The lowest BCUT2D eigenvalue weighted by atomic mass is 9.77. The van der Waals surface area contributed by atoms with Gasteiger partial charge in [0.05, 0.1) is 5.56 Å². The number of unbranched alkanes of at least 4 members (excludes halogenated alkanes) is 2. The first-order valence-electron chi connectivity index (χ1n) is 17.3. The highest BCUT2D eigenvalue weighted by atomic mass is 17.2. The molecular formula is C40H54O4. The minimum atomic E-state index is -0.518. The van der Waals surface area contributed by atoms with Crippen LogP contribution in [0.1, 0.15) is 143 Å². The van der Waals surface area contributed by atoms with Crippen LogP contribution in [0.2, 0.25) is 0 Å². The molecule has 5 rings (SSSR count). The number of carbonyl (C=O) groups is 1. The van der Waals surface area contributed by atoms with Gasteiger partial charge >= 0.3 is 5.97 Å². The number of carbonyl (C=O) groups excluding carboxylic acids is 1. The van der Waals surface area contributed by atoms with Gasteiger partial charge in [-0.2, -0.15) is 0 Å². The largest absolute Gasteiger partial charge is 0.459 e. The van der Waals surface area contributed by atoms with Gasteiger partial charge in [0.1, 0.15) is 13.2 Å². The first kappa shape index (κ1) is 32.4. The van der Waals surface area contributed by atoms with Crippen LogP contribution >= 0.6 is 0 Å². The predicted octanol–water partition coefficient (Wildman–Crippen LogP) is 11.1. The van der Waals surface area contributed by atoms with Crippen molar-refractivity contribution in [1.29, 1.82) is 0 Å². The molecule has 0 aromatic heterocycles. The number of hydrogen-bond donors (Lipinski definition) is 0. The molecule has 0 saturated heterocycles. The van der Waals surface area contributed by atoms with Gasteiger partial charge in [0.25, 0.3) is 0 Å². The Morgan fingerprint density at radius 1 is 0.773 bits per heavy atom. The summed E-state index contributed by atoms with van der Waals surface area (Å²) in [5.74, 6) is 2.68. The van der Waals surface area contributed by atoms with Crippen molar-refractivity contribution >= 4 is 5.97 Å². The van der Waals surface area contributed by atoms with E-state index in [1.165, 1.54) is 88.2 Å². The average molecular weight is 599 g/mol. The van der Waals surface area contributed by atoms with Crippen LogP contribution in [0.4, 0.5) is 0 Å². The van der Waals surface area contributed by atoms with Crippen LogP contribution in [0.5, 0.6) is 0 Å². The molecule has 0 bridgehead atoms. The molecule has 2 aliphatic rings.